The normalized spacial score (nSPS) is 10.9. The van der Waals surface area contributed by atoms with Gasteiger partial charge in [0.1, 0.15) is 23.1 Å². The first-order chi connectivity index (χ1) is 11.7. The fraction of sp³-hybridized carbons (Fsp3) is 0.111. The summed E-state index contributed by atoms with van der Waals surface area (Å²) in [6.45, 7) is 0. The van der Waals surface area contributed by atoms with Crippen molar-refractivity contribution in [3.05, 3.63) is 54.1 Å². The van der Waals surface area contributed by atoms with E-state index in [0.717, 1.165) is 10.9 Å². The Bertz CT molecular complexity index is 894. The van der Waals surface area contributed by atoms with Crippen molar-refractivity contribution in [3.8, 4) is 17.2 Å². The summed E-state index contributed by atoms with van der Waals surface area (Å²) in [5.74, 6) is 1.59. The number of hydrazone groups is 1. The smallest absolute Gasteiger partial charge is 0.146 e. The van der Waals surface area contributed by atoms with Crippen molar-refractivity contribution in [3.63, 3.8) is 0 Å². The minimum atomic E-state index is 0.0169. The zero-order chi connectivity index (χ0) is 16.9. The number of phenols is 1. The highest BCUT2D eigenvalue weighted by Gasteiger charge is 2.09. The summed E-state index contributed by atoms with van der Waals surface area (Å²) < 4.78 is 10.4. The maximum Gasteiger partial charge on any atom is 0.146 e. The van der Waals surface area contributed by atoms with Gasteiger partial charge in [0.15, 0.2) is 0 Å². The number of ether oxygens (including phenoxy) is 2. The zero-order valence-electron chi connectivity index (χ0n) is 13.4. The van der Waals surface area contributed by atoms with Gasteiger partial charge in [-0.2, -0.15) is 5.10 Å². The van der Waals surface area contributed by atoms with Crippen molar-refractivity contribution in [1.82, 2.24) is 4.98 Å². The number of pyridine rings is 1. The van der Waals surface area contributed by atoms with Gasteiger partial charge in [-0.05, 0) is 18.2 Å². The number of aromatic hydroxyl groups is 1. The monoisotopic (exact) mass is 323 g/mol. The van der Waals surface area contributed by atoms with Crippen molar-refractivity contribution in [1.29, 1.82) is 0 Å². The molecule has 24 heavy (non-hydrogen) atoms. The van der Waals surface area contributed by atoms with Crippen molar-refractivity contribution in [2.75, 3.05) is 19.6 Å². The molecule has 122 valence electrons. The van der Waals surface area contributed by atoms with Crippen LogP contribution in [-0.4, -0.2) is 30.5 Å². The molecule has 6 nitrogen and oxygen atoms in total. The molecule has 0 radical (unpaired) electrons. The van der Waals surface area contributed by atoms with Gasteiger partial charge in [0.05, 0.1) is 31.5 Å². The first-order valence-corrected chi connectivity index (χ1v) is 7.31. The number of anilines is 1. The Labute approximate surface area is 139 Å². The molecule has 0 atom stereocenters. The number of aromatic nitrogens is 1. The van der Waals surface area contributed by atoms with Gasteiger partial charge in [-0.3, -0.25) is 5.43 Å². The number of rotatable bonds is 5. The highest BCUT2D eigenvalue weighted by molar-refractivity contribution is 5.88. The van der Waals surface area contributed by atoms with E-state index in [1.165, 1.54) is 26.5 Å². The van der Waals surface area contributed by atoms with Crippen molar-refractivity contribution >= 4 is 22.9 Å². The third-order valence-corrected chi connectivity index (χ3v) is 3.52. The molecule has 0 saturated heterocycles. The van der Waals surface area contributed by atoms with Crippen LogP contribution in [-0.2, 0) is 0 Å². The molecule has 6 heteroatoms. The van der Waals surface area contributed by atoms with Crippen LogP contribution in [0.15, 0.2) is 53.6 Å². The second-order valence-electron chi connectivity index (χ2n) is 5.02. The summed E-state index contributed by atoms with van der Waals surface area (Å²) in [6.07, 6.45) is 1.48. The zero-order valence-corrected chi connectivity index (χ0v) is 13.4. The molecule has 1 aromatic heterocycles. The number of phenolic OH excluding ortho intramolecular Hbond substituents is 1. The summed E-state index contributed by atoms with van der Waals surface area (Å²) in [4.78, 5) is 4.46. The van der Waals surface area contributed by atoms with Crippen molar-refractivity contribution in [2.45, 2.75) is 0 Å². The molecule has 2 N–H and O–H groups in total. The molecule has 0 aliphatic rings. The molecular weight excluding hydrogens is 306 g/mol. The molecule has 0 unspecified atom stereocenters. The lowest BCUT2D eigenvalue weighted by atomic mass is 10.2. The molecule has 0 aliphatic carbocycles. The van der Waals surface area contributed by atoms with Crippen LogP contribution in [0.5, 0.6) is 17.2 Å². The minimum absolute atomic E-state index is 0.0169. The number of hydrogen-bond acceptors (Lipinski definition) is 6. The number of hydrogen-bond donors (Lipinski definition) is 2. The molecule has 0 amide bonds. The number of methoxy groups -OCH3 is 2. The SMILES string of the molecule is COc1cc(O)c(C=NNc2ccc3ccccc3n2)c(OC)c1. The average molecular weight is 323 g/mol. The second-order valence-corrected chi connectivity index (χ2v) is 5.02. The number of nitrogens with zero attached hydrogens (tertiary/aromatic N) is 2. The van der Waals surface area contributed by atoms with Crippen LogP contribution in [0.2, 0.25) is 0 Å². The van der Waals surface area contributed by atoms with Gasteiger partial charge in [0.25, 0.3) is 0 Å². The molecule has 2 aromatic carbocycles. The molecule has 0 saturated carbocycles. The molecular formula is C18H17N3O3. The largest absolute Gasteiger partial charge is 0.507 e. The van der Waals surface area contributed by atoms with E-state index in [-0.39, 0.29) is 5.75 Å². The lowest BCUT2D eigenvalue weighted by Crippen LogP contribution is -1.97. The highest BCUT2D eigenvalue weighted by Crippen LogP contribution is 2.31. The Morgan fingerprint density at radius 3 is 2.71 bits per heavy atom. The van der Waals surface area contributed by atoms with E-state index in [4.69, 9.17) is 9.47 Å². The van der Waals surface area contributed by atoms with E-state index < -0.39 is 0 Å². The number of benzene rings is 2. The Hall–Kier alpha value is -3.28. The van der Waals surface area contributed by atoms with E-state index in [0.29, 0.717) is 22.9 Å². The van der Waals surface area contributed by atoms with E-state index in [2.05, 4.69) is 15.5 Å². The van der Waals surface area contributed by atoms with E-state index >= 15 is 0 Å². The Balaban J connectivity index is 1.82. The van der Waals surface area contributed by atoms with E-state index in [1.54, 1.807) is 6.07 Å². The number of nitrogens with one attached hydrogen (secondary N) is 1. The van der Waals surface area contributed by atoms with Gasteiger partial charge in [-0.25, -0.2) is 4.98 Å². The van der Waals surface area contributed by atoms with Gasteiger partial charge < -0.3 is 14.6 Å². The van der Waals surface area contributed by atoms with Crippen LogP contribution >= 0.6 is 0 Å². The van der Waals surface area contributed by atoms with Gasteiger partial charge in [0, 0.05) is 17.5 Å². The number of fused-ring (bicyclic) bond motifs is 1. The Morgan fingerprint density at radius 2 is 1.92 bits per heavy atom. The van der Waals surface area contributed by atoms with Crippen LogP contribution in [0.3, 0.4) is 0 Å². The van der Waals surface area contributed by atoms with Gasteiger partial charge in [-0.15, -0.1) is 0 Å². The van der Waals surface area contributed by atoms with E-state index in [1.807, 2.05) is 36.4 Å². The van der Waals surface area contributed by atoms with Crippen LogP contribution in [0.1, 0.15) is 5.56 Å². The average Bonchev–Trinajstić information content (AvgIpc) is 2.62. The third-order valence-electron chi connectivity index (χ3n) is 3.52. The predicted octanol–water partition coefficient (Wildman–Crippen LogP) is 3.40. The standard InChI is InChI=1S/C18H17N3O3/c1-23-13-9-16(22)14(17(10-13)24-2)11-19-21-18-8-7-12-5-3-4-6-15(12)20-18/h3-11,22H,1-2H3,(H,20,21). The maximum atomic E-state index is 10.1. The minimum Gasteiger partial charge on any atom is -0.507 e. The molecule has 0 aliphatic heterocycles. The Kier molecular flexibility index (Phi) is 4.47. The quantitative estimate of drug-likeness (QED) is 0.556. The predicted molar refractivity (Wildman–Crippen MR) is 94.2 cm³/mol. The molecule has 0 spiro atoms. The third kappa shape index (κ3) is 3.22. The summed E-state index contributed by atoms with van der Waals surface area (Å²) in [5.41, 5.74) is 4.18. The van der Waals surface area contributed by atoms with Crippen LogP contribution in [0.4, 0.5) is 5.82 Å². The second kappa shape index (κ2) is 6.87. The van der Waals surface area contributed by atoms with Crippen molar-refractivity contribution in [2.24, 2.45) is 5.10 Å². The maximum absolute atomic E-state index is 10.1. The lowest BCUT2D eigenvalue weighted by Gasteiger charge is -2.09. The first-order valence-electron chi connectivity index (χ1n) is 7.31. The first kappa shape index (κ1) is 15.6. The van der Waals surface area contributed by atoms with Gasteiger partial charge >= 0.3 is 0 Å². The van der Waals surface area contributed by atoms with E-state index in [9.17, 15) is 5.11 Å². The molecule has 1 heterocycles. The van der Waals surface area contributed by atoms with Crippen LogP contribution in [0.25, 0.3) is 10.9 Å². The Morgan fingerprint density at radius 1 is 1.08 bits per heavy atom. The molecule has 3 aromatic rings. The number of para-hydroxylation sites is 1. The summed E-state index contributed by atoms with van der Waals surface area (Å²) in [7, 11) is 3.04. The fourth-order valence-electron chi connectivity index (χ4n) is 2.30. The van der Waals surface area contributed by atoms with Gasteiger partial charge in [0.2, 0.25) is 0 Å². The van der Waals surface area contributed by atoms with Crippen LogP contribution < -0.4 is 14.9 Å². The van der Waals surface area contributed by atoms with Crippen molar-refractivity contribution < 1.29 is 14.6 Å². The van der Waals surface area contributed by atoms with Crippen LogP contribution in [0, 0.1) is 0 Å². The molecule has 3 rings (SSSR count). The fourth-order valence-corrected chi connectivity index (χ4v) is 2.30. The topological polar surface area (TPSA) is 76.0 Å². The highest BCUT2D eigenvalue weighted by atomic mass is 16.5. The molecule has 0 fully saturated rings. The van der Waals surface area contributed by atoms with Gasteiger partial charge in [-0.1, -0.05) is 18.2 Å². The lowest BCUT2D eigenvalue weighted by molar-refractivity contribution is 0.384. The summed E-state index contributed by atoms with van der Waals surface area (Å²) in [5, 5.41) is 15.3. The molecule has 0 bridgehead atoms. The summed E-state index contributed by atoms with van der Waals surface area (Å²) >= 11 is 0. The summed E-state index contributed by atoms with van der Waals surface area (Å²) in [6, 6.07) is 14.8.